The zero-order valence-corrected chi connectivity index (χ0v) is 6.10. The Hall–Kier alpha value is -0.460. The number of carbonyl (C=O) groups is 1. The number of rotatable bonds is 5. The monoisotopic (exact) mass is 167 g/mol. The molecule has 0 amide bonds. The van der Waals surface area contributed by atoms with Crippen LogP contribution in [-0.4, -0.2) is 31.7 Å². The smallest absolute Gasteiger partial charge is 0.278 e. The van der Waals surface area contributed by atoms with Crippen molar-refractivity contribution in [3.05, 3.63) is 0 Å². The molecule has 0 unspecified atom stereocenters. The molecule has 0 radical (unpaired) electrons. The van der Waals surface area contributed by atoms with Crippen LogP contribution in [-0.2, 0) is 14.9 Å². The van der Waals surface area contributed by atoms with Crippen LogP contribution in [0.15, 0.2) is 0 Å². The summed E-state index contributed by atoms with van der Waals surface area (Å²) in [5.41, 5.74) is 0. The first-order chi connectivity index (χ1) is 4.56. The molecule has 0 aliphatic carbocycles. The van der Waals surface area contributed by atoms with Crippen molar-refractivity contribution in [1.29, 1.82) is 0 Å². The first-order valence-electron chi connectivity index (χ1n) is 2.66. The van der Waals surface area contributed by atoms with Crippen molar-refractivity contribution in [3.8, 4) is 0 Å². The molecule has 0 rings (SSSR count). The van der Waals surface area contributed by atoms with Gasteiger partial charge in [-0.05, 0) is 0 Å². The molecule has 2 N–H and O–H groups in total. The third kappa shape index (κ3) is 7.54. The van der Waals surface area contributed by atoms with Crippen LogP contribution in [0, 0.1) is 0 Å². The molecule has 0 aliphatic rings. The molecule has 0 saturated heterocycles. The first kappa shape index (κ1) is 9.54. The maximum absolute atomic E-state index is 10.00. The van der Waals surface area contributed by atoms with Gasteiger partial charge in [-0.1, -0.05) is 0 Å². The molecule has 0 spiro atoms. The van der Waals surface area contributed by atoms with E-state index in [0.717, 1.165) is 0 Å². The summed E-state index contributed by atoms with van der Waals surface area (Å²) in [4.78, 5) is 9.68. The molecule has 0 aromatic rings. The first-order valence-corrected chi connectivity index (χ1v) is 4.26. The zero-order chi connectivity index (χ0) is 8.04. The number of carbonyl (C=O) groups excluding carboxylic acids is 1. The van der Waals surface area contributed by atoms with E-state index in [2.05, 4.69) is 5.32 Å². The van der Waals surface area contributed by atoms with E-state index in [1.807, 2.05) is 0 Å². The summed E-state index contributed by atoms with van der Waals surface area (Å²) in [6.07, 6.45) is 0.909. The molecule has 60 valence electrons. The normalized spacial score (nSPS) is 11.3. The second-order valence-electron chi connectivity index (χ2n) is 1.68. The van der Waals surface area contributed by atoms with E-state index in [9.17, 15) is 13.2 Å². The lowest BCUT2D eigenvalue weighted by Gasteiger charge is -1.96. The molecule has 0 heterocycles. The van der Waals surface area contributed by atoms with Crippen LogP contribution in [0.4, 0.5) is 0 Å². The van der Waals surface area contributed by atoms with E-state index >= 15 is 0 Å². The molecule has 0 aromatic heterocycles. The number of hydrogen-bond donors (Lipinski definition) is 2. The minimum absolute atomic E-state index is 0.246. The fraction of sp³-hybridized carbons (Fsp3) is 0.750. The lowest BCUT2D eigenvalue weighted by atomic mass is 10.5. The Morgan fingerprint density at radius 1 is 1.50 bits per heavy atom. The predicted molar refractivity (Wildman–Crippen MR) is 35.1 cm³/mol. The highest BCUT2D eigenvalue weighted by Gasteiger charge is 2.00. The van der Waals surface area contributed by atoms with Gasteiger partial charge in [0.05, 0.1) is 0 Å². The van der Waals surface area contributed by atoms with E-state index in [1.54, 1.807) is 0 Å². The molecule has 0 saturated carbocycles. The van der Waals surface area contributed by atoms with Gasteiger partial charge in [0, 0.05) is 13.0 Å². The molecule has 0 aromatic carbocycles. The van der Waals surface area contributed by atoms with Crippen molar-refractivity contribution in [2.75, 3.05) is 12.4 Å². The highest BCUT2D eigenvalue weighted by atomic mass is 32.2. The van der Waals surface area contributed by atoms with Gasteiger partial charge in [-0.3, -0.25) is 4.55 Å². The van der Waals surface area contributed by atoms with Gasteiger partial charge in [0.15, 0.2) is 0 Å². The third-order valence-electron chi connectivity index (χ3n) is 0.723. The largest absolute Gasteiger partial charge is 0.303 e. The van der Waals surface area contributed by atoms with Crippen molar-refractivity contribution >= 4 is 16.4 Å². The number of hydrogen-bond acceptors (Lipinski definition) is 4. The molecular weight excluding hydrogens is 158 g/mol. The average molecular weight is 167 g/mol. The van der Waals surface area contributed by atoms with Crippen molar-refractivity contribution in [2.24, 2.45) is 0 Å². The Labute approximate surface area is 59.2 Å². The molecule has 0 fully saturated rings. The molecule has 6 heteroatoms. The van der Waals surface area contributed by atoms with Crippen LogP contribution in [0.1, 0.15) is 6.42 Å². The summed E-state index contributed by atoms with van der Waals surface area (Å²) < 4.78 is 28.1. The summed E-state index contributed by atoms with van der Waals surface area (Å²) in [5, 5.41) is 2.36. The van der Waals surface area contributed by atoms with E-state index in [4.69, 9.17) is 4.55 Å². The number of nitrogens with one attached hydrogen (secondary N) is 1. The molecule has 5 nitrogen and oxygen atoms in total. The maximum atomic E-state index is 10.00. The maximum Gasteiger partial charge on any atom is 0.278 e. The minimum Gasteiger partial charge on any atom is -0.303 e. The molecule has 0 aliphatic heterocycles. The zero-order valence-electron chi connectivity index (χ0n) is 5.28. The summed E-state index contributed by atoms with van der Waals surface area (Å²) in [6.45, 7) is 0.267. The fourth-order valence-electron chi connectivity index (χ4n) is 0.362. The Balaban J connectivity index is 3.29. The Morgan fingerprint density at radius 3 is 2.50 bits per heavy atom. The minimum atomic E-state index is -3.93. The SMILES string of the molecule is O=CCCNCS(=O)(=O)O. The van der Waals surface area contributed by atoms with Crippen LogP contribution in [0.3, 0.4) is 0 Å². The summed E-state index contributed by atoms with van der Waals surface area (Å²) in [6, 6.07) is 0. The van der Waals surface area contributed by atoms with E-state index in [-0.39, 0.29) is 13.0 Å². The summed E-state index contributed by atoms with van der Waals surface area (Å²) in [7, 11) is -3.93. The average Bonchev–Trinajstić information content (AvgIpc) is 1.78. The second-order valence-corrected chi connectivity index (χ2v) is 3.13. The van der Waals surface area contributed by atoms with Gasteiger partial charge in [0.25, 0.3) is 10.1 Å². The van der Waals surface area contributed by atoms with Crippen molar-refractivity contribution < 1.29 is 17.8 Å². The lowest BCUT2D eigenvalue weighted by molar-refractivity contribution is -0.107. The highest BCUT2D eigenvalue weighted by Crippen LogP contribution is 1.76. The standard InChI is InChI=1S/C4H9NO4S/c6-3-1-2-5-4-10(7,8)9/h3,5H,1-2,4H2,(H,7,8,9). The van der Waals surface area contributed by atoms with Crippen LogP contribution >= 0.6 is 0 Å². The van der Waals surface area contributed by atoms with E-state index in [0.29, 0.717) is 6.29 Å². The molecule has 0 atom stereocenters. The van der Waals surface area contributed by atoms with Gasteiger partial charge in [0.2, 0.25) is 0 Å². The topological polar surface area (TPSA) is 83.5 Å². The molecule has 0 bridgehead atoms. The van der Waals surface area contributed by atoms with Crippen molar-refractivity contribution in [3.63, 3.8) is 0 Å². The van der Waals surface area contributed by atoms with E-state index < -0.39 is 16.0 Å². The summed E-state index contributed by atoms with van der Waals surface area (Å²) >= 11 is 0. The predicted octanol–water partition coefficient (Wildman–Crippen LogP) is -0.990. The van der Waals surface area contributed by atoms with E-state index in [1.165, 1.54) is 0 Å². The summed E-state index contributed by atoms with van der Waals surface area (Å²) in [5.74, 6) is -0.499. The second kappa shape index (κ2) is 4.37. The lowest BCUT2D eigenvalue weighted by Crippen LogP contribution is -2.23. The Bertz CT molecular complexity index is 185. The Morgan fingerprint density at radius 2 is 2.10 bits per heavy atom. The van der Waals surface area contributed by atoms with Gasteiger partial charge < -0.3 is 10.1 Å². The van der Waals surface area contributed by atoms with Crippen LogP contribution < -0.4 is 5.32 Å². The van der Waals surface area contributed by atoms with Crippen LogP contribution in [0.2, 0.25) is 0 Å². The fourth-order valence-corrected chi connectivity index (χ4v) is 0.764. The van der Waals surface area contributed by atoms with Gasteiger partial charge >= 0.3 is 0 Å². The van der Waals surface area contributed by atoms with Gasteiger partial charge in [-0.15, -0.1) is 0 Å². The van der Waals surface area contributed by atoms with Gasteiger partial charge in [0.1, 0.15) is 12.2 Å². The van der Waals surface area contributed by atoms with Crippen molar-refractivity contribution in [2.45, 2.75) is 6.42 Å². The quantitative estimate of drug-likeness (QED) is 0.312. The number of aldehydes is 1. The van der Waals surface area contributed by atoms with Crippen LogP contribution in [0.25, 0.3) is 0 Å². The van der Waals surface area contributed by atoms with Gasteiger partial charge in [-0.25, -0.2) is 0 Å². The molecule has 10 heavy (non-hydrogen) atoms. The Kier molecular flexibility index (Phi) is 4.17. The van der Waals surface area contributed by atoms with Gasteiger partial charge in [-0.2, -0.15) is 8.42 Å². The van der Waals surface area contributed by atoms with Crippen molar-refractivity contribution in [1.82, 2.24) is 5.32 Å². The third-order valence-corrected chi connectivity index (χ3v) is 1.29. The molecular formula is C4H9NO4S. The highest BCUT2D eigenvalue weighted by molar-refractivity contribution is 7.85. The van der Waals surface area contributed by atoms with Crippen LogP contribution in [0.5, 0.6) is 0 Å².